The van der Waals surface area contributed by atoms with Gasteiger partial charge in [0.15, 0.2) is 27.1 Å². The molecule has 4 N–H and O–H groups in total. The Balaban J connectivity index is 1.49. The van der Waals surface area contributed by atoms with Crippen molar-refractivity contribution in [1.82, 2.24) is 14.9 Å². The van der Waals surface area contributed by atoms with Crippen molar-refractivity contribution in [2.45, 2.75) is 23.8 Å². The van der Waals surface area contributed by atoms with Crippen molar-refractivity contribution < 1.29 is 22.7 Å². The molecule has 0 unspecified atom stereocenters. The van der Waals surface area contributed by atoms with Crippen molar-refractivity contribution >= 4 is 27.4 Å². The molecule has 0 fully saturated rings. The zero-order valence-corrected chi connectivity index (χ0v) is 25.0. The summed E-state index contributed by atoms with van der Waals surface area (Å²) in [4.78, 5) is 24.1. The van der Waals surface area contributed by atoms with Gasteiger partial charge >= 0.3 is 0 Å². The molecule has 2 heterocycles. The lowest BCUT2D eigenvalue weighted by molar-refractivity contribution is 0.104. The molecule has 0 aliphatic carbocycles. The van der Waals surface area contributed by atoms with Gasteiger partial charge in [-0.25, -0.2) is 13.4 Å². The van der Waals surface area contributed by atoms with Crippen LogP contribution in [0.2, 0.25) is 0 Å². The smallest absolute Gasteiger partial charge is 0.221 e. The fourth-order valence-electron chi connectivity index (χ4n) is 5.37. The van der Waals surface area contributed by atoms with Crippen LogP contribution in [0.5, 0.6) is 11.5 Å². The summed E-state index contributed by atoms with van der Waals surface area (Å²) >= 11 is 0. The molecule has 1 aromatic heterocycles. The third-order valence-electron chi connectivity index (χ3n) is 7.48. The van der Waals surface area contributed by atoms with E-state index < -0.39 is 9.84 Å². The number of nitrogen functional groups attached to an aromatic ring is 2. The minimum Gasteiger partial charge on any atom is -0.493 e. The molecule has 222 valence electrons. The van der Waals surface area contributed by atoms with E-state index in [0.717, 1.165) is 23.1 Å². The Bertz CT molecular complexity index is 1810. The minimum absolute atomic E-state index is 0.0829. The Morgan fingerprint density at radius 2 is 1.81 bits per heavy atom. The number of rotatable bonds is 9. The maximum atomic E-state index is 13.7. The number of nitrogens with two attached hydrogens (primary N) is 2. The molecule has 11 heteroatoms. The molecule has 4 aromatic rings. The molecule has 0 bridgehead atoms. The molecule has 0 saturated carbocycles. The monoisotopic (exact) mass is 599 g/mol. The average Bonchev–Trinajstić information content (AvgIpc) is 3.00. The summed E-state index contributed by atoms with van der Waals surface area (Å²) in [6.07, 6.45) is 7.21. The van der Waals surface area contributed by atoms with Crippen molar-refractivity contribution in [1.29, 1.82) is 0 Å². The maximum absolute atomic E-state index is 13.7. The Morgan fingerprint density at radius 1 is 1.07 bits per heavy atom. The molecule has 0 radical (unpaired) electrons. The van der Waals surface area contributed by atoms with Gasteiger partial charge in [-0.1, -0.05) is 36.4 Å². The first-order chi connectivity index (χ1) is 20.6. The van der Waals surface area contributed by atoms with Crippen molar-refractivity contribution in [3.05, 3.63) is 113 Å². The molecular formula is C32H33N5O5S. The zero-order chi connectivity index (χ0) is 30.7. The molecule has 0 saturated heterocycles. The standard InChI is InChI=1S/C32H33N5O5S/c1-41-28-18-20(16-23-19-35-32(34)36-31(23)33)17-26(30(28)42-2)27(38)13-15-37-14-12-21-6-4-5-7-25(21)29(37)22-8-10-24(11-9-22)43(3,39)40/h4-11,13,15,17-19,29H,12,14,16H2,1-3H3,(H4,33,34,35,36)/b15-13+/t29-/m1/s1. The predicted molar refractivity (Wildman–Crippen MR) is 165 cm³/mol. The van der Waals surface area contributed by atoms with Gasteiger partial charge < -0.3 is 25.8 Å². The van der Waals surface area contributed by atoms with E-state index in [1.807, 2.05) is 24.3 Å². The van der Waals surface area contributed by atoms with Crippen LogP contribution in [0.15, 0.2) is 84.0 Å². The SMILES string of the molecule is COc1cc(Cc2cnc(N)nc2N)cc(C(=O)/C=C/N2CCc3ccccc3[C@H]2c2ccc(S(C)(=O)=O)cc2)c1OC. The second-order valence-electron chi connectivity index (χ2n) is 10.3. The Labute approximate surface area is 250 Å². The van der Waals surface area contributed by atoms with Crippen molar-refractivity contribution in [3.63, 3.8) is 0 Å². The van der Waals surface area contributed by atoms with Crippen LogP contribution < -0.4 is 20.9 Å². The van der Waals surface area contributed by atoms with Crippen LogP contribution in [0.3, 0.4) is 0 Å². The van der Waals surface area contributed by atoms with Crippen LogP contribution >= 0.6 is 0 Å². The maximum Gasteiger partial charge on any atom is 0.221 e. The largest absolute Gasteiger partial charge is 0.493 e. The van der Waals surface area contributed by atoms with E-state index in [4.69, 9.17) is 20.9 Å². The summed E-state index contributed by atoms with van der Waals surface area (Å²) in [7, 11) is -0.332. The molecular weight excluding hydrogens is 566 g/mol. The summed E-state index contributed by atoms with van der Waals surface area (Å²) in [6.45, 7) is 0.663. The minimum atomic E-state index is -3.33. The second kappa shape index (κ2) is 12.1. The van der Waals surface area contributed by atoms with Gasteiger partial charge in [0.2, 0.25) is 5.95 Å². The Morgan fingerprint density at radius 3 is 2.49 bits per heavy atom. The van der Waals surface area contributed by atoms with E-state index in [2.05, 4.69) is 27.0 Å². The van der Waals surface area contributed by atoms with E-state index in [-0.39, 0.29) is 28.5 Å². The normalized spacial score (nSPS) is 14.9. The van der Waals surface area contributed by atoms with Gasteiger partial charge in [-0.2, -0.15) is 4.98 Å². The van der Waals surface area contributed by atoms with Gasteiger partial charge in [0.05, 0.1) is 30.7 Å². The van der Waals surface area contributed by atoms with E-state index in [9.17, 15) is 13.2 Å². The number of nitrogens with zero attached hydrogens (tertiary/aromatic N) is 3. The summed E-state index contributed by atoms with van der Waals surface area (Å²) in [5, 5.41) is 0. The summed E-state index contributed by atoms with van der Waals surface area (Å²) in [5.41, 5.74) is 16.7. The zero-order valence-electron chi connectivity index (χ0n) is 24.2. The first-order valence-corrected chi connectivity index (χ1v) is 15.5. The first kappa shape index (κ1) is 29.6. The average molecular weight is 600 g/mol. The molecule has 10 nitrogen and oxygen atoms in total. The highest BCUT2D eigenvalue weighted by Gasteiger charge is 2.27. The fourth-order valence-corrected chi connectivity index (χ4v) is 6.00. The third-order valence-corrected chi connectivity index (χ3v) is 8.61. The number of carbonyl (C=O) groups excluding carboxylic acids is 1. The topological polar surface area (TPSA) is 151 Å². The number of ether oxygens (including phenoxy) is 2. The molecule has 5 rings (SSSR count). The van der Waals surface area contributed by atoms with Gasteiger partial charge in [-0.3, -0.25) is 4.79 Å². The van der Waals surface area contributed by atoms with Crippen LogP contribution in [-0.4, -0.2) is 56.1 Å². The van der Waals surface area contributed by atoms with Crippen LogP contribution in [0.4, 0.5) is 11.8 Å². The summed E-state index contributed by atoms with van der Waals surface area (Å²) in [5.74, 6) is 0.793. The third kappa shape index (κ3) is 6.31. The van der Waals surface area contributed by atoms with Crippen molar-refractivity contribution in [2.75, 3.05) is 38.5 Å². The summed E-state index contributed by atoms with van der Waals surface area (Å²) in [6, 6.07) is 18.4. The quantitative estimate of drug-likeness (QED) is 0.213. The number of aromatic nitrogens is 2. The number of hydrogen-bond acceptors (Lipinski definition) is 10. The molecule has 1 aliphatic heterocycles. The lowest BCUT2D eigenvalue weighted by Crippen LogP contribution is -2.32. The number of anilines is 2. The number of sulfone groups is 1. The Kier molecular flexibility index (Phi) is 8.36. The number of fused-ring (bicyclic) bond motifs is 1. The summed E-state index contributed by atoms with van der Waals surface area (Å²) < 4.78 is 35.3. The van der Waals surface area contributed by atoms with Crippen LogP contribution in [0, 0.1) is 0 Å². The molecule has 3 aromatic carbocycles. The highest BCUT2D eigenvalue weighted by molar-refractivity contribution is 7.90. The van der Waals surface area contributed by atoms with Crippen LogP contribution in [0.25, 0.3) is 0 Å². The van der Waals surface area contributed by atoms with E-state index in [0.29, 0.717) is 35.6 Å². The van der Waals surface area contributed by atoms with E-state index in [1.54, 1.807) is 36.7 Å². The van der Waals surface area contributed by atoms with Crippen LogP contribution in [0.1, 0.15) is 44.2 Å². The highest BCUT2D eigenvalue weighted by Crippen LogP contribution is 2.37. The number of hydrogen-bond donors (Lipinski definition) is 2. The predicted octanol–water partition coefficient (Wildman–Crippen LogP) is 4.00. The second-order valence-corrected chi connectivity index (χ2v) is 12.3. The Hall–Kier alpha value is -4.90. The van der Waals surface area contributed by atoms with Crippen LogP contribution in [-0.2, 0) is 22.7 Å². The molecule has 0 amide bonds. The number of carbonyl (C=O) groups is 1. The number of methoxy groups -OCH3 is 2. The van der Waals surface area contributed by atoms with Crippen molar-refractivity contribution in [3.8, 4) is 11.5 Å². The van der Waals surface area contributed by atoms with E-state index >= 15 is 0 Å². The van der Waals surface area contributed by atoms with Gasteiger partial charge in [-0.05, 0) is 52.9 Å². The molecule has 43 heavy (non-hydrogen) atoms. The lowest BCUT2D eigenvalue weighted by Gasteiger charge is -2.37. The van der Waals surface area contributed by atoms with Gasteiger partial charge in [0, 0.05) is 43.3 Å². The number of ketones is 1. The van der Waals surface area contributed by atoms with Gasteiger partial charge in [0.25, 0.3) is 0 Å². The molecule has 1 aliphatic rings. The molecule has 1 atom stereocenters. The molecule has 0 spiro atoms. The number of benzene rings is 3. The van der Waals surface area contributed by atoms with Gasteiger partial charge in [-0.15, -0.1) is 0 Å². The van der Waals surface area contributed by atoms with E-state index in [1.165, 1.54) is 32.1 Å². The fraction of sp³-hybridized carbons (Fsp3) is 0.219. The van der Waals surface area contributed by atoms with Crippen molar-refractivity contribution in [2.24, 2.45) is 0 Å². The highest BCUT2D eigenvalue weighted by atomic mass is 32.2. The lowest BCUT2D eigenvalue weighted by atomic mass is 9.88. The number of allylic oxidation sites excluding steroid dienone is 1. The van der Waals surface area contributed by atoms with Gasteiger partial charge in [0.1, 0.15) is 5.82 Å². The first-order valence-electron chi connectivity index (χ1n) is 13.6.